The molecule has 4 heteroatoms. The van der Waals surface area contributed by atoms with E-state index in [1.807, 2.05) is 0 Å². The Kier molecular flexibility index (Phi) is 4.56. The van der Waals surface area contributed by atoms with Crippen molar-refractivity contribution in [3.8, 4) is 5.75 Å². The van der Waals surface area contributed by atoms with E-state index in [2.05, 4.69) is 0 Å². The van der Waals surface area contributed by atoms with E-state index in [9.17, 15) is 0 Å². The molecule has 0 bridgehead atoms. The van der Waals surface area contributed by atoms with Crippen LogP contribution in [0.25, 0.3) is 0 Å². The first-order chi connectivity index (χ1) is 6.74. The number of rotatable bonds is 5. The summed E-state index contributed by atoms with van der Waals surface area (Å²) < 4.78 is 5.40. The molecule has 0 aliphatic carbocycles. The number of anilines is 1. The number of nitrogen functional groups attached to an aromatic ring is 1. The van der Waals surface area contributed by atoms with E-state index < -0.39 is 0 Å². The van der Waals surface area contributed by atoms with E-state index in [0.717, 1.165) is 12.8 Å². The molecule has 3 nitrogen and oxygen atoms in total. The van der Waals surface area contributed by atoms with E-state index in [0.29, 0.717) is 23.1 Å². The summed E-state index contributed by atoms with van der Waals surface area (Å²) in [5.74, 6) is 0.646. The number of hydrogen-bond donors (Lipinski definition) is 2. The molecule has 0 heterocycles. The van der Waals surface area contributed by atoms with Crippen LogP contribution in [-0.2, 0) is 0 Å². The van der Waals surface area contributed by atoms with Crippen molar-refractivity contribution < 1.29 is 9.84 Å². The standard InChI is InChI=1S/C10H14ClNO2/c11-8-3-4-10(9(12)7-8)14-6-2-1-5-13/h3-4,7,13H,1-2,5-6,12H2. The Labute approximate surface area is 88.4 Å². The molecule has 0 atom stereocenters. The maximum atomic E-state index is 8.56. The molecule has 0 fully saturated rings. The molecule has 78 valence electrons. The van der Waals surface area contributed by atoms with Crippen molar-refractivity contribution in [2.75, 3.05) is 18.9 Å². The van der Waals surface area contributed by atoms with Gasteiger partial charge in [-0.05, 0) is 31.0 Å². The van der Waals surface area contributed by atoms with Gasteiger partial charge in [0.2, 0.25) is 0 Å². The highest BCUT2D eigenvalue weighted by atomic mass is 35.5. The van der Waals surface area contributed by atoms with Crippen LogP contribution in [0.3, 0.4) is 0 Å². The first kappa shape index (κ1) is 11.1. The second-order valence-corrected chi connectivity index (χ2v) is 3.40. The van der Waals surface area contributed by atoms with Gasteiger partial charge in [-0.15, -0.1) is 0 Å². The molecule has 0 radical (unpaired) electrons. The third kappa shape index (κ3) is 3.44. The van der Waals surface area contributed by atoms with Crippen LogP contribution in [0.4, 0.5) is 5.69 Å². The van der Waals surface area contributed by atoms with Crippen molar-refractivity contribution in [3.63, 3.8) is 0 Å². The molecule has 0 saturated heterocycles. The molecule has 0 aliphatic heterocycles. The Morgan fingerprint density at radius 2 is 2.14 bits per heavy atom. The molecule has 1 rings (SSSR count). The Morgan fingerprint density at radius 3 is 2.79 bits per heavy atom. The van der Waals surface area contributed by atoms with Gasteiger partial charge in [0.1, 0.15) is 5.75 Å². The van der Waals surface area contributed by atoms with Crippen molar-refractivity contribution in [1.29, 1.82) is 0 Å². The van der Waals surface area contributed by atoms with Gasteiger partial charge in [-0.2, -0.15) is 0 Å². The molecular formula is C10H14ClNO2. The number of aliphatic hydroxyl groups excluding tert-OH is 1. The second kappa shape index (κ2) is 5.73. The molecule has 0 aliphatic rings. The first-order valence-electron chi connectivity index (χ1n) is 4.52. The Hall–Kier alpha value is -0.930. The quantitative estimate of drug-likeness (QED) is 0.584. The monoisotopic (exact) mass is 215 g/mol. The van der Waals surface area contributed by atoms with Crippen LogP contribution in [0.5, 0.6) is 5.75 Å². The number of benzene rings is 1. The summed E-state index contributed by atoms with van der Waals surface area (Å²) >= 11 is 5.73. The lowest BCUT2D eigenvalue weighted by atomic mass is 10.3. The molecular weight excluding hydrogens is 202 g/mol. The van der Waals surface area contributed by atoms with Crippen LogP contribution in [-0.4, -0.2) is 18.3 Å². The largest absolute Gasteiger partial charge is 0.491 e. The number of ether oxygens (including phenoxy) is 1. The molecule has 1 aromatic carbocycles. The molecule has 3 N–H and O–H groups in total. The maximum absolute atomic E-state index is 8.56. The Bertz CT molecular complexity index is 291. The zero-order valence-electron chi connectivity index (χ0n) is 7.87. The van der Waals surface area contributed by atoms with E-state index >= 15 is 0 Å². The molecule has 0 spiro atoms. The van der Waals surface area contributed by atoms with Crippen molar-refractivity contribution in [1.82, 2.24) is 0 Å². The average molecular weight is 216 g/mol. The minimum atomic E-state index is 0.194. The predicted octanol–water partition coefficient (Wildman–Crippen LogP) is 2.07. The van der Waals surface area contributed by atoms with Crippen molar-refractivity contribution >= 4 is 17.3 Å². The SMILES string of the molecule is Nc1cc(Cl)ccc1OCCCCO. The topological polar surface area (TPSA) is 55.5 Å². The highest BCUT2D eigenvalue weighted by Crippen LogP contribution is 2.24. The van der Waals surface area contributed by atoms with Gasteiger partial charge in [0.15, 0.2) is 0 Å². The van der Waals surface area contributed by atoms with E-state index in [1.54, 1.807) is 18.2 Å². The number of aliphatic hydroxyl groups is 1. The molecule has 1 aromatic rings. The average Bonchev–Trinajstić information content (AvgIpc) is 2.15. The highest BCUT2D eigenvalue weighted by molar-refractivity contribution is 6.30. The summed E-state index contributed by atoms with van der Waals surface area (Å²) in [6.45, 7) is 0.756. The summed E-state index contributed by atoms with van der Waals surface area (Å²) in [7, 11) is 0. The first-order valence-corrected chi connectivity index (χ1v) is 4.90. The van der Waals surface area contributed by atoms with Crippen molar-refractivity contribution in [3.05, 3.63) is 23.2 Å². The number of nitrogens with two attached hydrogens (primary N) is 1. The summed E-state index contributed by atoms with van der Waals surface area (Å²) in [5.41, 5.74) is 6.22. The summed E-state index contributed by atoms with van der Waals surface area (Å²) in [6, 6.07) is 5.14. The van der Waals surface area contributed by atoms with Gasteiger partial charge < -0.3 is 15.6 Å². The lowest BCUT2D eigenvalue weighted by Crippen LogP contribution is -2.01. The third-order valence-electron chi connectivity index (χ3n) is 1.78. The molecule has 0 saturated carbocycles. The normalized spacial score (nSPS) is 10.1. The Morgan fingerprint density at radius 1 is 1.36 bits per heavy atom. The van der Waals surface area contributed by atoms with Crippen molar-refractivity contribution in [2.24, 2.45) is 0 Å². The Balaban J connectivity index is 2.42. The predicted molar refractivity (Wildman–Crippen MR) is 57.7 cm³/mol. The molecule has 0 unspecified atom stereocenters. The van der Waals surface area contributed by atoms with E-state index in [1.165, 1.54) is 0 Å². The molecule has 0 aromatic heterocycles. The van der Waals surface area contributed by atoms with E-state index in [-0.39, 0.29) is 6.61 Å². The van der Waals surface area contributed by atoms with Crippen LogP contribution >= 0.6 is 11.6 Å². The zero-order chi connectivity index (χ0) is 10.4. The fourth-order valence-corrected chi connectivity index (χ4v) is 1.23. The third-order valence-corrected chi connectivity index (χ3v) is 2.02. The lowest BCUT2D eigenvalue weighted by Gasteiger charge is -2.08. The number of hydrogen-bond acceptors (Lipinski definition) is 3. The summed E-state index contributed by atoms with van der Waals surface area (Å²) in [4.78, 5) is 0. The lowest BCUT2D eigenvalue weighted by molar-refractivity contribution is 0.253. The van der Waals surface area contributed by atoms with Gasteiger partial charge >= 0.3 is 0 Å². The summed E-state index contributed by atoms with van der Waals surface area (Å²) in [5, 5.41) is 9.16. The highest BCUT2D eigenvalue weighted by Gasteiger charge is 2.00. The van der Waals surface area contributed by atoms with Crippen LogP contribution in [0.1, 0.15) is 12.8 Å². The molecule has 0 amide bonds. The van der Waals surface area contributed by atoms with Gasteiger partial charge in [-0.3, -0.25) is 0 Å². The molecule has 14 heavy (non-hydrogen) atoms. The van der Waals surface area contributed by atoms with Gasteiger partial charge in [-0.1, -0.05) is 11.6 Å². The van der Waals surface area contributed by atoms with E-state index in [4.69, 9.17) is 27.2 Å². The maximum Gasteiger partial charge on any atom is 0.142 e. The minimum absolute atomic E-state index is 0.194. The van der Waals surface area contributed by atoms with Gasteiger partial charge in [-0.25, -0.2) is 0 Å². The zero-order valence-corrected chi connectivity index (χ0v) is 8.63. The van der Waals surface area contributed by atoms with Crippen LogP contribution < -0.4 is 10.5 Å². The van der Waals surface area contributed by atoms with Gasteiger partial charge in [0.25, 0.3) is 0 Å². The number of halogens is 1. The summed E-state index contributed by atoms with van der Waals surface area (Å²) in [6.07, 6.45) is 1.56. The van der Waals surface area contributed by atoms with Crippen LogP contribution in [0, 0.1) is 0 Å². The fourth-order valence-electron chi connectivity index (χ4n) is 1.05. The van der Waals surface area contributed by atoms with Gasteiger partial charge in [0.05, 0.1) is 12.3 Å². The van der Waals surface area contributed by atoms with Gasteiger partial charge in [0, 0.05) is 11.6 Å². The number of unbranched alkanes of at least 4 members (excludes halogenated alkanes) is 1. The van der Waals surface area contributed by atoms with Crippen molar-refractivity contribution in [2.45, 2.75) is 12.8 Å². The smallest absolute Gasteiger partial charge is 0.142 e. The van der Waals surface area contributed by atoms with Crippen LogP contribution in [0.15, 0.2) is 18.2 Å². The fraction of sp³-hybridized carbons (Fsp3) is 0.400. The second-order valence-electron chi connectivity index (χ2n) is 2.96. The van der Waals surface area contributed by atoms with Crippen LogP contribution in [0.2, 0.25) is 5.02 Å². The minimum Gasteiger partial charge on any atom is -0.491 e.